The third-order valence-corrected chi connectivity index (χ3v) is 2.68. The van der Waals surface area contributed by atoms with E-state index in [1.54, 1.807) is 4.90 Å². The van der Waals surface area contributed by atoms with Crippen molar-refractivity contribution in [3.63, 3.8) is 0 Å². The SMILES string of the molecule is C[C@@H]1CN[C@@H](CO)CN1C(=O)OC(C)(C)C.O=C(O)C(=O)O. The normalized spacial score (nSPS) is 21.4. The third-order valence-electron chi connectivity index (χ3n) is 2.68. The highest BCUT2D eigenvalue weighted by atomic mass is 16.6. The van der Waals surface area contributed by atoms with Gasteiger partial charge < -0.3 is 30.3 Å². The minimum absolute atomic E-state index is 0.0337. The zero-order valence-electron chi connectivity index (χ0n) is 13.2. The van der Waals surface area contributed by atoms with E-state index < -0.39 is 17.5 Å². The van der Waals surface area contributed by atoms with Crippen molar-refractivity contribution >= 4 is 18.0 Å². The van der Waals surface area contributed by atoms with Gasteiger partial charge >= 0.3 is 18.0 Å². The number of hydrogen-bond donors (Lipinski definition) is 4. The standard InChI is InChI=1S/C11H22N2O3.C2H2O4/c1-8-5-12-9(7-14)6-13(8)10(15)16-11(2,3)4;3-1(4)2(5)6/h8-9,12,14H,5-7H2,1-4H3;(H,3,4)(H,5,6)/t8-,9-;/m1./s1. The van der Waals surface area contributed by atoms with Gasteiger partial charge in [-0.1, -0.05) is 0 Å². The number of carbonyl (C=O) groups excluding carboxylic acids is 1. The van der Waals surface area contributed by atoms with E-state index in [9.17, 15) is 4.79 Å². The molecular weight excluding hydrogens is 296 g/mol. The fraction of sp³-hybridized carbons (Fsp3) is 0.769. The van der Waals surface area contributed by atoms with Crippen molar-refractivity contribution in [2.75, 3.05) is 19.7 Å². The molecule has 1 heterocycles. The quantitative estimate of drug-likeness (QED) is 0.485. The molecule has 1 rings (SSSR count). The van der Waals surface area contributed by atoms with E-state index in [0.717, 1.165) is 0 Å². The molecule has 0 radical (unpaired) electrons. The Bertz CT molecular complexity index is 394. The zero-order chi connectivity index (χ0) is 17.5. The maximum Gasteiger partial charge on any atom is 0.414 e. The van der Waals surface area contributed by atoms with E-state index in [1.165, 1.54) is 0 Å². The topological polar surface area (TPSA) is 136 Å². The number of hydrogen-bond acceptors (Lipinski definition) is 6. The number of aliphatic carboxylic acids is 2. The molecule has 2 atom stereocenters. The maximum absolute atomic E-state index is 11.9. The maximum atomic E-state index is 11.9. The fourth-order valence-electron chi connectivity index (χ4n) is 1.63. The first-order chi connectivity index (χ1) is 9.97. The van der Waals surface area contributed by atoms with Gasteiger partial charge in [0.1, 0.15) is 5.60 Å². The van der Waals surface area contributed by atoms with Gasteiger partial charge in [-0.15, -0.1) is 0 Å². The molecule has 0 aromatic rings. The summed E-state index contributed by atoms with van der Waals surface area (Å²) in [5.41, 5.74) is -0.476. The van der Waals surface area contributed by atoms with Gasteiger partial charge in [-0.2, -0.15) is 0 Å². The van der Waals surface area contributed by atoms with Crippen LogP contribution in [0.25, 0.3) is 0 Å². The van der Waals surface area contributed by atoms with E-state index >= 15 is 0 Å². The second-order valence-corrected chi connectivity index (χ2v) is 5.88. The predicted molar refractivity (Wildman–Crippen MR) is 76.6 cm³/mol. The molecule has 4 N–H and O–H groups in total. The minimum Gasteiger partial charge on any atom is -0.473 e. The third kappa shape index (κ3) is 7.79. The van der Waals surface area contributed by atoms with Gasteiger partial charge in [0.05, 0.1) is 6.61 Å². The Hall–Kier alpha value is -1.87. The fourth-order valence-corrected chi connectivity index (χ4v) is 1.63. The number of nitrogens with zero attached hydrogens (tertiary/aromatic N) is 1. The molecule has 0 aromatic heterocycles. The second-order valence-electron chi connectivity index (χ2n) is 5.88. The monoisotopic (exact) mass is 320 g/mol. The largest absolute Gasteiger partial charge is 0.473 e. The van der Waals surface area contributed by atoms with Gasteiger partial charge in [0.25, 0.3) is 0 Å². The number of piperazine rings is 1. The summed E-state index contributed by atoms with van der Waals surface area (Å²) in [6, 6.07) is 0.0429. The number of nitrogens with one attached hydrogen (secondary N) is 1. The van der Waals surface area contributed by atoms with E-state index in [4.69, 9.17) is 29.6 Å². The predicted octanol–water partition coefficient (Wildman–Crippen LogP) is -0.268. The summed E-state index contributed by atoms with van der Waals surface area (Å²) in [5, 5.41) is 27.0. The van der Waals surface area contributed by atoms with Gasteiger partial charge in [0, 0.05) is 25.2 Å². The second kappa shape index (κ2) is 8.54. The molecule has 1 saturated heterocycles. The molecule has 0 unspecified atom stereocenters. The van der Waals surface area contributed by atoms with Crippen molar-refractivity contribution in [1.29, 1.82) is 0 Å². The molecule has 22 heavy (non-hydrogen) atoms. The Kier molecular flexibility index (Phi) is 7.82. The van der Waals surface area contributed by atoms with Gasteiger partial charge in [-0.05, 0) is 27.7 Å². The van der Waals surface area contributed by atoms with E-state index in [2.05, 4.69) is 5.32 Å². The highest BCUT2D eigenvalue weighted by Crippen LogP contribution is 2.14. The summed E-state index contributed by atoms with van der Waals surface area (Å²) >= 11 is 0. The molecule has 128 valence electrons. The molecule has 1 fully saturated rings. The Labute approximate surface area is 128 Å². The summed E-state index contributed by atoms with van der Waals surface area (Å²) in [4.78, 5) is 31.7. The zero-order valence-corrected chi connectivity index (χ0v) is 13.2. The molecule has 0 bridgehead atoms. The molecule has 1 amide bonds. The minimum atomic E-state index is -1.82. The van der Waals surface area contributed by atoms with Crippen molar-refractivity contribution in [3.8, 4) is 0 Å². The van der Waals surface area contributed by atoms with Crippen LogP contribution in [0.2, 0.25) is 0 Å². The molecule has 0 aromatic carbocycles. The smallest absolute Gasteiger partial charge is 0.414 e. The van der Waals surface area contributed by atoms with E-state index in [1.807, 2.05) is 27.7 Å². The number of carbonyl (C=O) groups is 3. The van der Waals surface area contributed by atoms with Crippen molar-refractivity contribution < 1.29 is 34.4 Å². The first kappa shape index (κ1) is 20.1. The lowest BCUT2D eigenvalue weighted by Crippen LogP contribution is -2.59. The molecule has 0 saturated carbocycles. The lowest BCUT2D eigenvalue weighted by molar-refractivity contribution is -0.159. The molecule has 9 nitrogen and oxygen atoms in total. The van der Waals surface area contributed by atoms with Crippen LogP contribution in [0.5, 0.6) is 0 Å². The van der Waals surface area contributed by atoms with Crippen LogP contribution >= 0.6 is 0 Å². The highest BCUT2D eigenvalue weighted by Gasteiger charge is 2.31. The molecular formula is C13H24N2O7. The number of rotatable bonds is 1. The Morgan fingerprint density at radius 1 is 1.23 bits per heavy atom. The van der Waals surface area contributed by atoms with E-state index in [-0.39, 0.29) is 24.8 Å². The average Bonchev–Trinajstić information content (AvgIpc) is 2.37. The molecule has 1 aliphatic rings. The Morgan fingerprint density at radius 3 is 2.09 bits per heavy atom. The number of aliphatic hydroxyl groups is 1. The van der Waals surface area contributed by atoms with Gasteiger partial charge in [0.2, 0.25) is 0 Å². The van der Waals surface area contributed by atoms with Gasteiger partial charge in [0.15, 0.2) is 0 Å². The van der Waals surface area contributed by atoms with Crippen LogP contribution in [0.3, 0.4) is 0 Å². The summed E-state index contributed by atoms with van der Waals surface area (Å²) in [6.07, 6.45) is -0.306. The number of carboxylic acids is 2. The molecule has 9 heteroatoms. The molecule has 0 aliphatic carbocycles. The lowest BCUT2D eigenvalue weighted by atomic mass is 10.1. The first-order valence-electron chi connectivity index (χ1n) is 6.78. The van der Waals surface area contributed by atoms with Crippen LogP contribution in [0.1, 0.15) is 27.7 Å². The van der Waals surface area contributed by atoms with Crippen molar-refractivity contribution in [2.45, 2.75) is 45.4 Å². The van der Waals surface area contributed by atoms with Gasteiger partial charge in [-0.3, -0.25) is 0 Å². The summed E-state index contributed by atoms with van der Waals surface area (Å²) in [7, 11) is 0. The summed E-state index contributed by atoms with van der Waals surface area (Å²) in [5.74, 6) is -3.65. The number of amides is 1. The Morgan fingerprint density at radius 2 is 1.73 bits per heavy atom. The Balaban J connectivity index is 0.000000626. The summed E-state index contributed by atoms with van der Waals surface area (Å²) < 4.78 is 5.32. The highest BCUT2D eigenvalue weighted by molar-refractivity contribution is 6.27. The number of aliphatic hydroxyl groups excluding tert-OH is 1. The lowest BCUT2D eigenvalue weighted by Gasteiger charge is -2.38. The van der Waals surface area contributed by atoms with Crippen LogP contribution in [0.4, 0.5) is 4.79 Å². The number of carboxylic acid groups (broad SMARTS) is 2. The number of ether oxygens (including phenoxy) is 1. The van der Waals surface area contributed by atoms with Crippen LogP contribution in [-0.4, -0.2) is 75.6 Å². The average molecular weight is 320 g/mol. The molecule has 1 aliphatic heterocycles. The summed E-state index contributed by atoms with van der Waals surface area (Å²) in [6.45, 7) is 8.72. The van der Waals surface area contributed by atoms with Gasteiger partial charge in [-0.25, -0.2) is 14.4 Å². The van der Waals surface area contributed by atoms with Crippen molar-refractivity contribution in [3.05, 3.63) is 0 Å². The van der Waals surface area contributed by atoms with Crippen molar-refractivity contribution in [1.82, 2.24) is 10.2 Å². The molecule has 0 spiro atoms. The van der Waals surface area contributed by atoms with Crippen molar-refractivity contribution in [2.24, 2.45) is 0 Å². The van der Waals surface area contributed by atoms with E-state index in [0.29, 0.717) is 13.1 Å². The van der Waals surface area contributed by atoms with Crippen LogP contribution < -0.4 is 5.32 Å². The first-order valence-corrected chi connectivity index (χ1v) is 6.78. The van der Waals surface area contributed by atoms with Crippen LogP contribution in [-0.2, 0) is 14.3 Å². The van der Waals surface area contributed by atoms with Crippen LogP contribution in [0.15, 0.2) is 0 Å². The van der Waals surface area contributed by atoms with Crippen LogP contribution in [0, 0.1) is 0 Å².